The molecule has 8 heteroatoms. The number of hydrogen-bond donors (Lipinski definition) is 2. The van der Waals surface area contributed by atoms with Gasteiger partial charge in [0, 0.05) is 12.8 Å². The largest absolute Gasteiger partial charge is 0.454 e. The van der Waals surface area contributed by atoms with Crippen LogP contribution in [0.4, 0.5) is 0 Å². The molecule has 2 aromatic rings. The molecular formula is C18H20N2O4S2. The zero-order valence-corrected chi connectivity index (χ0v) is 16.1. The van der Waals surface area contributed by atoms with E-state index in [9.17, 15) is 8.42 Å². The highest BCUT2D eigenvalue weighted by Crippen LogP contribution is 2.32. The van der Waals surface area contributed by atoms with Crippen molar-refractivity contribution in [2.75, 3.05) is 13.0 Å². The van der Waals surface area contributed by atoms with E-state index in [1.807, 2.05) is 25.1 Å². The van der Waals surface area contributed by atoms with Gasteiger partial charge in [0.25, 0.3) is 0 Å². The molecule has 1 atom stereocenters. The Kier molecular flexibility index (Phi) is 5.33. The van der Waals surface area contributed by atoms with Gasteiger partial charge < -0.3 is 20.1 Å². The van der Waals surface area contributed by atoms with E-state index in [0.717, 1.165) is 22.6 Å². The van der Waals surface area contributed by atoms with E-state index >= 15 is 0 Å². The van der Waals surface area contributed by atoms with Gasteiger partial charge in [-0.2, -0.15) is 0 Å². The maximum absolute atomic E-state index is 11.5. The quantitative estimate of drug-likeness (QED) is 0.757. The molecule has 1 aliphatic rings. The summed E-state index contributed by atoms with van der Waals surface area (Å²) < 4.78 is 33.7. The lowest BCUT2D eigenvalue weighted by atomic mass is 10.1. The molecule has 0 unspecified atom stereocenters. The van der Waals surface area contributed by atoms with Crippen molar-refractivity contribution in [3.05, 3.63) is 53.6 Å². The van der Waals surface area contributed by atoms with E-state index in [4.69, 9.17) is 21.7 Å². The first-order valence-corrected chi connectivity index (χ1v) is 10.4. The van der Waals surface area contributed by atoms with Gasteiger partial charge in [0.05, 0.1) is 10.9 Å². The Bertz CT molecular complexity index is 911. The molecule has 0 fully saturated rings. The Balaban J connectivity index is 1.54. The lowest BCUT2D eigenvalue weighted by Gasteiger charge is -2.18. The van der Waals surface area contributed by atoms with Gasteiger partial charge in [-0.1, -0.05) is 18.2 Å². The highest BCUT2D eigenvalue weighted by atomic mass is 32.2. The summed E-state index contributed by atoms with van der Waals surface area (Å²) in [5, 5.41) is 6.86. The zero-order chi connectivity index (χ0) is 18.7. The van der Waals surface area contributed by atoms with Crippen molar-refractivity contribution in [3.8, 4) is 11.5 Å². The topological polar surface area (TPSA) is 76.7 Å². The van der Waals surface area contributed by atoms with E-state index in [1.54, 1.807) is 24.3 Å². The first kappa shape index (κ1) is 18.5. The van der Waals surface area contributed by atoms with Gasteiger partial charge in [-0.25, -0.2) is 8.42 Å². The molecule has 3 rings (SSSR count). The van der Waals surface area contributed by atoms with Crippen LogP contribution in [-0.2, 0) is 16.4 Å². The van der Waals surface area contributed by atoms with Gasteiger partial charge in [0.2, 0.25) is 6.79 Å². The van der Waals surface area contributed by atoms with Crippen LogP contribution in [0, 0.1) is 0 Å². The molecule has 0 radical (unpaired) electrons. The first-order valence-electron chi connectivity index (χ1n) is 8.06. The van der Waals surface area contributed by atoms with Crippen LogP contribution < -0.4 is 20.1 Å². The van der Waals surface area contributed by atoms with Gasteiger partial charge in [-0.05, 0) is 54.5 Å². The predicted octanol–water partition coefficient (Wildman–Crippen LogP) is 2.54. The van der Waals surface area contributed by atoms with Crippen LogP contribution in [0.15, 0.2) is 47.4 Å². The van der Waals surface area contributed by atoms with E-state index < -0.39 is 9.84 Å². The Hall–Kier alpha value is -2.32. The average molecular weight is 393 g/mol. The molecule has 2 aromatic carbocycles. The van der Waals surface area contributed by atoms with Crippen molar-refractivity contribution < 1.29 is 17.9 Å². The fraction of sp³-hybridized carbons (Fsp3) is 0.278. The molecule has 0 saturated heterocycles. The third-order valence-corrected chi connectivity index (χ3v) is 5.44. The summed E-state index contributed by atoms with van der Waals surface area (Å²) in [7, 11) is -3.19. The van der Waals surface area contributed by atoms with Gasteiger partial charge in [-0.15, -0.1) is 0 Å². The summed E-state index contributed by atoms with van der Waals surface area (Å²) >= 11 is 5.34. The summed E-state index contributed by atoms with van der Waals surface area (Å²) in [4.78, 5) is 0.303. The van der Waals surface area contributed by atoms with Crippen LogP contribution >= 0.6 is 12.2 Å². The van der Waals surface area contributed by atoms with Crippen molar-refractivity contribution >= 4 is 27.2 Å². The number of hydrogen-bond acceptors (Lipinski definition) is 5. The SMILES string of the molecule is C[C@H](NC(=S)NCc1ccc2c(c1)OCO2)c1ccc(S(C)(=O)=O)cc1. The molecule has 26 heavy (non-hydrogen) atoms. The van der Waals surface area contributed by atoms with E-state index in [0.29, 0.717) is 16.6 Å². The smallest absolute Gasteiger partial charge is 0.231 e. The van der Waals surface area contributed by atoms with Crippen LogP contribution in [0.2, 0.25) is 0 Å². The van der Waals surface area contributed by atoms with Crippen molar-refractivity contribution in [2.45, 2.75) is 24.4 Å². The third-order valence-electron chi connectivity index (χ3n) is 4.05. The lowest BCUT2D eigenvalue weighted by molar-refractivity contribution is 0.174. The van der Waals surface area contributed by atoms with E-state index in [-0.39, 0.29) is 12.8 Å². The highest BCUT2D eigenvalue weighted by Gasteiger charge is 2.14. The minimum absolute atomic E-state index is 0.0552. The van der Waals surface area contributed by atoms with Crippen molar-refractivity contribution in [1.29, 1.82) is 0 Å². The molecule has 0 aromatic heterocycles. The number of rotatable bonds is 5. The lowest BCUT2D eigenvalue weighted by Crippen LogP contribution is -2.36. The summed E-state index contributed by atoms with van der Waals surface area (Å²) in [6.07, 6.45) is 1.19. The molecular weight excluding hydrogens is 372 g/mol. The number of sulfone groups is 1. The van der Waals surface area contributed by atoms with Crippen molar-refractivity contribution in [3.63, 3.8) is 0 Å². The molecule has 138 valence electrons. The zero-order valence-electron chi connectivity index (χ0n) is 14.5. The second kappa shape index (κ2) is 7.51. The minimum atomic E-state index is -3.19. The van der Waals surface area contributed by atoms with Crippen LogP contribution in [0.25, 0.3) is 0 Å². The van der Waals surface area contributed by atoms with Crippen LogP contribution in [0.3, 0.4) is 0 Å². The minimum Gasteiger partial charge on any atom is -0.454 e. The Morgan fingerprint density at radius 3 is 2.54 bits per heavy atom. The van der Waals surface area contributed by atoms with Gasteiger partial charge in [-0.3, -0.25) is 0 Å². The number of nitrogens with one attached hydrogen (secondary N) is 2. The van der Waals surface area contributed by atoms with Crippen molar-refractivity contribution in [1.82, 2.24) is 10.6 Å². The fourth-order valence-electron chi connectivity index (χ4n) is 2.57. The maximum atomic E-state index is 11.5. The predicted molar refractivity (Wildman–Crippen MR) is 103 cm³/mol. The maximum Gasteiger partial charge on any atom is 0.231 e. The molecule has 6 nitrogen and oxygen atoms in total. The van der Waals surface area contributed by atoms with E-state index in [1.165, 1.54) is 6.26 Å². The van der Waals surface area contributed by atoms with Gasteiger partial charge in [0.1, 0.15) is 0 Å². The normalized spacial score (nSPS) is 13.9. The number of ether oxygens (including phenoxy) is 2. The summed E-state index contributed by atoms with van der Waals surface area (Å²) in [6.45, 7) is 2.77. The van der Waals surface area contributed by atoms with Crippen LogP contribution in [-0.4, -0.2) is 26.6 Å². The Labute approximate surface area is 158 Å². The van der Waals surface area contributed by atoms with Crippen LogP contribution in [0.5, 0.6) is 11.5 Å². The molecule has 0 spiro atoms. The summed E-state index contributed by atoms with van der Waals surface area (Å²) in [5.41, 5.74) is 1.98. The second-order valence-corrected chi connectivity index (χ2v) is 8.50. The number of thiocarbonyl (C=S) groups is 1. The number of benzene rings is 2. The van der Waals surface area contributed by atoms with Gasteiger partial charge in [0.15, 0.2) is 26.4 Å². The molecule has 2 N–H and O–H groups in total. The monoisotopic (exact) mass is 392 g/mol. The van der Waals surface area contributed by atoms with Crippen LogP contribution in [0.1, 0.15) is 24.1 Å². The van der Waals surface area contributed by atoms with Gasteiger partial charge >= 0.3 is 0 Å². The van der Waals surface area contributed by atoms with E-state index in [2.05, 4.69) is 10.6 Å². The number of fused-ring (bicyclic) bond motifs is 1. The average Bonchev–Trinajstić information content (AvgIpc) is 3.07. The Morgan fingerprint density at radius 1 is 1.15 bits per heavy atom. The Morgan fingerprint density at radius 2 is 1.85 bits per heavy atom. The third kappa shape index (κ3) is 4.44. The molecule has 0 saturated carbocycles. The second-order valence-electron chi connectivity index (χ2n) is 6.08. The molecule has 0 bridgehead atoms. The fourth-order valence-corrected chi connectivity index (χ4v) is 3.45. The summed E-state index contributed by atoms with van der Waals surface area (Å²) in [6, 6.07) is 12.5. The molecule has 0 amide bonds. The molecule has 1 heterocycles. The molecule has 1 aliphatic heterocycles. The van der Waals surface area contributed by atoms with Crippen molar-refractivity contribution in [2.24, 2.45) is 0 Å². The standard InChI is InChI=1S/C18H20N2O4S2/c1-12(14-4-6-15(7-5-14)26(2,21)22)20-18(25)19-10-13-3-8-16-17(9-13)24-11-23-16/h3-9,12H,10-11H2,1-2H3,(H2,19,20,25)/t12-/m0/s1. The summed E-state index contributed by atoms with van der Waals surface area (Å²) in [5.74, 6) is 1.49. The molecule has 0 aliphatic carbocycles. The highest BCUT2D eigenvalue weighted by molar-refractivity contribution is 7.90. The first-order chi connectivity index (χ1) is 12.3.